The van der Waals surface area contributed by atoms with E-state index in [-0.39, 0.29) is 5.41 Å². The average Bonchev–Trinajstić information content (AvgIpc) is 2.76. The van der Waals surface area contributed by atoms with Crippen molar-refractivity contribution in [3.05, 3.63) is 21.3 Å². The summed E-state index contributed by atoms with van der Waals surface area (Å²) in [4.78, 5) is 0.954. The maximum atomic E-state index is 10.6. The summed E-state index contributed by atoms with van der Waals surface area (Å²) in [5, 5.41) is 10.6. The molecule has 1 atom stereocenters. The molecule has 1 aromatic heterocycles. The molecule has 1 aliphatic carbocycles. The molecule has 4 heteroatoms. The van der Waals surface area contributed by atoms with E-state index in [0.29, 0.717) is 6.54 Å². The third kappa shape index (κ3) is 2.68. The van der Waals surface area contributed by atoms with E-state index in [4.69, 9.17) is 17.3 Å². The van der Waals surface area contributed by atoms with Gasteiger partial charge in [-0.1, -0.05) is 31.4 Å². The van der Waals surface area contributed by atoms with Gasteiger partial charge in [0.05, 0.1) is 10.4 Å². The smallest absolute Gasteiger partial charge is 0.0950 e. The summed E-state index contributed by atoms with van der Waals surface area (Å²) in [7, 11) is 0. The van der Waals surface area contributed by atoms with Gasteiger partial charge >= 0.3 is 0 Å². The lowest BCUT2D eigenvalue weighted by atomic mass is 9.67. The fourth-order valence-electron chi connectivity index (χ4n) is 2.70. The summed E-state index contributed by atoms with van der Waals surface area (Å²) >= 11 is 7.40. The van der Waals surface area contributed by atoms with Gasteiger partial charge in [-0.15, -0.1) is 11.3 Å². The minimum absolute atomic E-state index is 0.138. The van der Waals surface area contributed by atoms with Gasteiger partial charge < -0.3 is 10.8 Å². The molecule has 1 unspecified atom stereocenters. The van der Waals surface area contributed by atoms with Crippen molar-refractivity contribution < 1.29 is 5.11 Å². The van der Waals surface area contributed by atoms with Gasteiger partial charge in [0.1, 0.15) is 0 Å². The highest BCUT2D eigenvalue weighted by atomic mass is 35.5. The number of aliphatic hydroxyl groups excluding tert-OH is 1. The summed E-state index contributed by atoms with van der Waals surface area (Å²) in [5.41, 5.74) is 5.80. The Morgan fingerprint density at radius 3 is 2.65 bits per heavy atom. The number of nitrogens with two attached hydrogens (primary N) is 1. The Bertz CT molecular complexity index is 371. The van der Waals surface area contributed by atoms with Gasteiger partial charge in [0.15, 0.2) is 0 Å². The molecule has 2 nitrogen and oxygen atoms in total. The van der Waals surface area contributed by atoms with E-state index in [1.807, 2.05) is 12.1 Å². The highest BCUT2D eigenvalue weighted by molar-refractivity contribution is 7.16. The maximum absolute atomic E-state index is 10.6. The van der Waals surface area contributed by atoms with E-state index < -0.39 is 6.10 Å². The van der Waals surface area contributed by atoms with Gasteiger partial charge in [0.2, 0.25) is 0 Å². The number of aliphatic hydroxyl groups is 1. The molecular weight excluding hydrogens is 254 g/mol. The number of rotatable bonds is 3. The van der Waals surface area contributed by atoms with Crippen LogP contribution in [-0.2, 0) is 0 Å². The first-order valence-electron chi connectivity index (χ1n) is 6.21. The highest BCUT2D eigenvalue weighted by Crippen LogP contribution is 2.48. The fourth-order valence-corrected chi connectivity index (χ4v) is 3.89. The molecule has 1 heterocycles. The van der Waals surface area contributed by atoms with Crippen LogP contribution in [0.15, 0.2) is 12.1 Å². The molecule has 1 saturated carbocycles. The van der Waals surface area contributed by atoms with E-state index in [2.05, 4.69) is 6.92 Å². The Balaban J connectivity index is 2.17. The van der Waals surface area contributed by atoms with Crippen molar-refractivity contribution in [1.29, 1.82) is 0 Å². The van der Waals surface area contributed by atoms with Gasteiger partial charge in [-0.05, 0) is 30.9 Å². The van der Waals surface area contributed by atoms with Gasteiger partial charge in [0, 0.05) is 16.8 Å². The second kappa shape index (κ2) is 5.27. The Morgan fingerprint density at radius 1 is 1.53 bits per heavy atom. The number of thiophene rings is 1. The molecule has 3 N–H and O–H groups in total. The molecule has 1 aliphatic rings. The molecule has 2 rings (SSSR count). The third-order valence-corrected chi connectivity index (χ3v) is 5.40. The highest BCUT2D eigenvalue weighted by Gasteiger charge is 2.40. The topological polar surface area (TPSA) is 46.2 Å². The van der Waals surface area contributed by atoms with Gasteiger partial charge in [-0.2, -0.15) is 0 Å². The van der Waals surface area contributed by atoms with Crippen molar-refractivity contribution in [2.24, 2.45) is 17.1 Å². The van der Waals surface area contributed by atoms with Crippen LogP contribution in [0, 0.1) is 11.3 Å². The number of hydrogen-bond donors (Lipinski definition) is 2. The molecule has 0 radical (unpaired) electrons. The Morgan fingerprint density at radius 2 is 2.18 bits per heavy atom. The largest absolute Gasteiger partial charge is 0.387 e. The number of halogens is 1. The van der Waals surface area contributed by atoms with Crippen LogP contribution in [0.5, 0.6) is 0 Å². The van der Waals surface area contributed by atoms with Crippen LogP contribution in [0.1, 0.15) is 43.6 Å². The van der Waals surface area contributed by atoms with Gasteiger partial charge in [-0.25, -0.2) is 0 Å². The summed E-state index contributed by atoms with van der Waals surface area (Å²) in [6.45, 7) is 2.82. The normalized spacial score (nSPS) is 31.4. The lowest BCUT2D eigenvalue weighted by Crippen LogP contribution is -2.39. The van der Waals surface area contributed by atoms with Crippen molar-refractivity contribution in [2.75, 3.05) is 6.54 Å². The SMILES string of the molecule is CC1CCC(CN)(C(O)c2ccc(Cl)s2)CC1. The van der Waals surface area contributed by atoms with Crippen LogP contribution in [0.4, 0.5) is 0 Å². The molecular formula is C13H20ClNOS. The molecule has 17 heavy (non-hydrogen) atoms. The zero-order valence-electron chi connectivity index (χ0n) is 10.2. The first kappa shape index (κ1) is 13.3. The molecule has 0 saturated heterocycles. The zero-order valence-corrected chi connectivity index (χ0v) is 11.7. The second-order valence-corrected chi connectivity index (χ2v) is 7.04. The van der Waals surface area contributed by atoms with Crippen molar-refractivity contribution in [3.63, 3.8) is 0 Å². The van der Waals surface area contributed by atoms with Crippen LogP contribution in [0.2, 0.25) is 4.34 Å². The van der Waals surface area contributed by atoms with Crippen LogP contribution >= 0.6 is 22.9 Å². The minimum atomic E-state index is -0.461. The first-order valence-corrected chi connectivity index (χ1v) is 7.40. The molecule has 0 bridgehead atoms. The summed E-state index contributed by atoms with van der Waals surface area (Å²) < 4.78 is 0.732. The van der Waals surface area contributed by atoms with Gasteiger partial charge in [-0.3, -0.25) is 0 Å². The van der Waals surface area contributed by atoms with E-state index in [1.165, 1.54) is 11.3 Å². The number of hydrogen-bond acceptors (Lipinski definition) is 3. The molecule has 96 valence electrons. The van der Waals surface area contributed by atoms with Crippen LogP contribution in [-0.4, -0.2) is 11.7 Å². The van der Waals surface area contributed by atoms with Crippen molar-refractivity contribution in [3.8, 4) is 0 Å². The molecule has 0 aliphatic heterocycles. The Hall–Kier alpha value is -0.0900. The zero-order chi connectivity index (χ0) is 12.5. The van der Waals surface area contributed by atoms with Crippen LogP contribution < -0.4 is 5.73 Å². The summed E-state index contributed by atoms with van der Waals surface area (Å²) in [6.07, 6.45) is 3.89. The summed E-state index contributed by atoms with van der Waals surface area (Å²) in [5.74, 6) is 0.758. The van der Waals surface area contributed by atoms with E-state index >= 15 is 0 Å². The first-order chi connectivity index (χ1) is 8.07. The summed E-state index contributed by atoms with van der Waals surface area (Å²) in [6, 6.07) is 3.77. The van der Waals surface area contributed by atoms with Gasteiger partial charge in [0.25, 0.3) is 0 Å². The lowest BCUT2D eigenvalue weighted by Gasteiger charge is -2.41. The predicted molar refractivity (Wildman–Crippen MR) is 73.4 cm³/mol. The monoisotopic (exact) mass is 273 g/mol. The van der Waals surface area contributed by atoms with Crippen molar-refractivity contribution >= 4 is 22.9 Å². The minimum Gasteiger partial charge on any atom is -0.387 e. The molecule has 1 fully saturated rings. The standard InChI is InChI=1S/C13H20ClNOS/c1-9-4-6-13(8-15,7-5-9)12(16)10-2-3-11(14)17-10/h2-3,9,12,16H,4-8,15H2,1H3. The van der Waals surface area contributed by atoms with Crippen molar-refractivity contribution in [2.45, 2.75) is 38.7 Å². The molecule has 0 amide bonds. The van der Waals surface area contributed by atoms with E-state index in [0.717, 1.165) is 40.8 Å². The quantitative estimate of drug-likeness (QED) is 0.884. The second-order valence-electron chi connectivity index (χ2n) is 5.29. The van der Waals surface area contributed by atoms with Crippen LogP contribution in [0.25, 0.3) is 0 Å². The van der Waals surface area contributed by atoms with Crippen LogP contribution in [0.3, 0.4) is 0 Å². The lowest BCUT2D eigenvalue weighted by molar-refractivity contribution is -0.00590. The van der Waals surface area contributed by atoms with Crippen molar-refractivity contribution in [1.82, 2.24) is 0 Å². The predicted octanol–water partition coefficient (Wildman–Crippen LogP) is 3.59. The fraction of sp³-hybridized carbons (Fsp3) is 0.692. The molecule has 1 aromatic rings. The molecule has 0 aromatic carbocycles. The Labute approximate surface area is 112 Å². The Kier molecular flexibility index (Phi) is 4.14. The van der Waals surface area contributed by atoms with E-state index in [9.17, 15) is 5.11 Å². The maximum Gasteiger partial charge on any atom is 0.0950 e. The third-order valence-electron chi connectivity index (χ3n) is 4.12. The van der Waals surface area contributed by atoms with E-state index in [1.54, 1.807) is 0 Å². The molecule has 0 spiro atoms. The average molecular weight is 274 g/mol.